The van der Waals surface area contributed by atoms with Gasteiger partial charge in [-0.1, -0.05) is 0 Å². The van der Waals surface area contributed by atoms with Crippen molar-refractivity contribution in [2.24, 2.45) is 23.7 Å². The van der Waals surface area contributed by atoms with Crippen LogP contribution in [0.25, 0.3) is 0 Å². The fourth-order valence-electron chi connectivity index (χ4n) is 3.16. The Bertz CT molecular complexity index is 366. The van der Waals surface area contributed by atoms with E-state index in [0.29, 0.717) is 6.42 Å². The molecular weight excluding hydrogens is 260 g/mol. The van der Waals surface area contributed by atoms with E-state index >= 15 is 0 Å². The van der Waals surface area contributed by atoms with E-state index in [4.69, 9.17) is 19.5 Å². The smallest absolute Gasteiger partial charge is 0.312 e. The number of fused-ring (bicyclic) bond motifs is 1. The minimum Gasteiger partial charge on any atom is -0.481 e. The molecule has 6 atom stereocenters. The van der Waals surface area contributed by atoms with E-state index in [1.165, 1.54) is 14.2 Å². The predicted molar refractivity (Wildman–Crippen MR) is 57.6 cm³/mol. The highest BCUT2D eigenvalue weighted by Gasteiger charge is 2.61. The molecule has 108 valence electrons. The number of hydrogen-bond donors (Lipinski definition) is 2. The van der Waals surface area contributed by atoms with Crippen molar-refractivity contribution in [2.75, 3.05) is 14.2 Å². The number of aliphatic carboxylic acids is 1. The normalized spacial score (nSPS) is 38.9. The second kappa shape index (κ2) is 5.41. The Morgan fingerprint density at radius 1 is 1.47 bits per heavy atom. The molecule has 19 heavy (non-hydrogen) atoms. The van der Waals surface area contributed by atoms with Crippen molar-refractivity contribution in [2.45, 2.75) is 19.0 Å². The van der Waals surface area contributed by atoms with Gasteiger partial charge in [-0.2, -0.15) is 0 Å². The van der Waals surface area contributed by atoms with Gasteiger partial charge in [0.25, 0.3) is 0 Å². The minimum atomic E-state index is -1.15. The third-order valence-corrected chi connectivity index (χ3v) is 3.91. The summed E-state index contributed by atoms with van der Waals surface area (Å²) in [5.41, 5.74) is 0. The van der Waals surface area contributed by atoms with Crippen molar-refractivity contribution in [3.8, 4) is 0 Å². The van der Waals surface area contributed by atoms with Crippen LogP contribution in [0.4, 0.5) is 0 Å². The van der Waals surface area contributed by atoms with Gasteiger partial charge in [0.05, 0.1) is 11.8 Å². The summed E-state index contributed by atoms with van der Waals surface area (Å²) in [6.07, 6.45) is -1.57. The van der Waals surface area contributed by atoms with Crippen LogP contribution in [-0.4, -0.2) is 49.1 Å². The molecule has 1 saturated carbocycles. The number of methoxy groups -OCH3 is 2. The molecule has 8 nitrogen and oxygen atoms in total. The molecule has 2 rings (SSSR count). The molecular formula is C11H16O8. The fraction of sp³-hybridized carbons (Fsp3) is 0.818. The molecule has 1 heterocycles. The molecule has 2 N–H and O–H groups in total. The molecule has 0 amide bonds. The second-order valence-corrected chi connectivity index (χ2v) is 4.70. The Morgan fingerprint density at radius 3 is 2.63 bits per heavy atom. The number of rotatable bonds is 5. The molecule has 1 aliphatic carbocycles. The van der Waals surface area contributed by atoms with Crippen LogP contribution in [-0.2, 0) is 28.7 Å². The highest BCUT2D eigenvalue weighted by Crippen LogP contribution is 2.50. The standard InChI is InChI=1S/C11H16O8/c1-16-10-5-3-4(11(17-2)19-15)6(8(12)13)7(5)9(14)18-10/h4-7,10-11,15H,3H2,1-2H3,(H,12,13)/t4-,5+,6-,7+,10?,11?/m1/s1. The van der Waals surface area contributed by atoms with Crippen molar-refractivity contribution < 1.29 is 39.1 Å². The van der Waals surface area contributed by atoms with E-state index in [2.05, 4.69) is 4.89 Å². The Labute approximate surface area is 109 Å². The molecule has 1 aliphatic heterocycles. The zero-order valence-corrected chi connectivity index (χ0v) is 10.5. The first kappa shape index (κ1) is 14.2. The number of hydrogen-bond acceptors (Lipinski definition) is 7. The molecule has 0 bridgehead atoms. The maximum absolute atomic E-state index is 11.8. The lowest BCUT2D eigenvalue weighted by Crippen LogP contribution is -2.36. The third-order valence-electron chi connectivity index (χ3n) is 3.91. The number of carboxylic acid groups (broad SMARTS) is 1. The summed E-state index contributed by atoms with van der Waals surface area (Å²) in [5, 5.41) is 18.1. The average Bonchev–Trinajstić information content (AvgIpc) is 2.89. The molecule has 1 saturated heterocycles. The van der Waals surface area contributed by atoms with Gasteiger partial charge in [-0.05, 0) is 6.42 Å². The highest BCUT2D eigenvalue weighted by atomic mass is 17.1. The maximum Gasteiger partial charge on any atom is 0.312 e. The third kappa shape index (κ3) is 2.20. The molecule has 0 aromatic carbocycles. The molecule has 8 heteroatoms. The van der Waals surface area contributed by atoms with Gasteiger partial charge in [0.1, 0.15) is 0 Å². The van der Waals surface area contributed by atoms with Gasteiger partial charge in [0.15, 0.2) is 6.29 Å². The number of carbonyl (C=O) groups excluding carboxylic acids is 1. The lowest BCUT2D eigenvalue weighted by Gasteiger charge is -2.24. The number of ether oxygens (including phenoxy) is 3. The number of cyclic esters (lactones) is 1. The van der Waals surface area contributed by atoms with Crippen molar-refractivity contribution >= 4 is 11.9 Å². The topological polar surface area (TPSA) is 112 Å². The van der Waals surface area contributed by atoms with E-state index in [0.717, 1.165) is 0 Å². The van der Waals surface area contributed by atoms with E-state index in [9.17, 15) is 14.7 Å². The summed E-state index contributed by atoms with van der Waals surface area (Å²) in [6.45, 7) is 0. The predicted octanol–water partition coefficient (Wildman–Crippen LogP) is -0.0691. The largest absolute Gasteiger partial charge is 0.481 e. The van der Waals surface area contributed by atoms with Gasteiger partial charge in [-0.25, -0.2) is 10.1 Å². The van der Waals surface area contributed by atoms with Crippen molar-refractivity contribution in [3.63, 3.8) is 0 Å². The Hall–Kier alpha value is -1.22. The summed E-state index contributed by atoms with van der Waals surface area (Å²) in [4.78, 5) is 27.3. The summed E-state index contributed by atoms with van der Waals surface area (Å²) < 4.78 is 14.9. The van der Waals surface area contributed by atoms with Crippen LogP contribution in [0.3, 0.4) is 0 Å². The molecule has 2 unspecified atom stereocenters. The first-order chi connectivity index (χ1) is 9.04. The Balaban J connectivity index is 2.28. The molecule has 2 fully saturated rings. The molecule has 2 aliphatic rings. The Kier molecular flexibility index (Phi) is 4.04. The SMILES string of the molecule is COC1OC(=O)[C@@H]2[C@H](C(=O)O)[C@H](C(OC)OO)C[C@H]12. The Morgan fingerprint density at radius 2 is 2.16 bits per heavy atom. The number of carbonyl (C=O) groups is 2. The van der Waals surface area contributed by atoms with Gasteiger partial charge in [-0.3, -0.25) is 9.59 Å². The van der Waals surface area contributed by atoms with E-state index in [-0.39, 0.29) is 5.92 Å². The minimum absolute atomic E-state index is 0.297. The molecule has 0 aromatic rings. The second-order valence-electron chi connectivity index (χ2n) is 4.70. The van der Waals surface area contributed by atoms with Crippen LogP contribution in [0, 0.1) is 23.7 Å². The van der Waals surface area contributed by atoms with Crippen LogP contribution in [0.1, 0.15) is 6.42 Å². The lowest BCUT2D eigenvalue weighted by atomic mass is 9.88. The lowest BCUT2D eigenvalue weighted by molar-refractivity contribution is -0.357. The van der Waals surface area contributed by atoms with Gasteiger partial charge < -0.3 is 19.3 Å². The van der Waals surface area contributed by atoms with E-state index in [1.54, 1.807) is 0 Å². The van der Waals surface area contributed by atoms with Crippen LogP contribution in [0.2, 0.25) is 0 Å². The highest BCUT2D eigenvalue weighted by molar-refractivity contribution is 5.84. The monoisotopic (exact) mass is 276 g/mol. The van der Waals surface area contributed by atoms with Crippen LogP contribution in [0.5, 0.6) is 0 Å². The molecule has 0 radical (unpaired) electrons. The van der Waals surface area contributed by atoms with Crippen molar-refractivity contribution in [1.29, 1.82) is 0 Å². The van der Waals surface area contributed by atoms with Crippen molar-refractivity contribution in [3.05, 3.63) is 0 Å². The van der Waals surface area contributed by atoms with Crippen LogP contribution in [0.15, 0.2) is 0 Å². The summed E-state index contributed by atoms with van der Waals surface area (Å²) in [6, 6.07) is 0. The fourth-order valence-corrected chi connectivity index (χ4v) is 3.16. The molecule has 0 spiro atoms. The maximum atomic E-state index is 11.8. The summed E-state index contributed by atoms with van der Waals surface area (Å²) in [5.74, 6) is -4.61. The van der Waals surface area contributed by atoms with Gasteiger partial charge in [0, 0.05) is 26.1 Å². The quantitative estimate of drug-likeness (QED) is 0.310. The first-order valence-corrected chi connectivity index (χ1v) is 5.84. The average molecular weight is 276 g/mol. The molecule has 0 aromatic heterocycles. The van der Waals surface area contributed by atoms with Gasteiger partial charge >= 0.3 is 11.9 Å². The van der Waals surface area contributed by atoms with Crippen LogP contribution < -0.4 is 0 Å². The first-order valence-electron chi connectivity index (χ1n) is 5.84. The van der Waals surface area contributed by atoms with E-state index in [1.807, 2.05) is 0 Å². The van der Waals surface area contributed by atoms with Crippen LogP contribution >= 0.6 is 0 Å². The van der Waals surface area contributed by atoms with Gasteiger partial charge in [0.2, 0.25) is 6.29 Å². The summed E-state index contributed by atoms with van der Waals surface area (Å²) in [7, 11) is 2.68. The zero-order chi connectivity index (χ0) is 14.2. The zero-order valence-electron chi connectivity index (χ0n) is 10.5. The number of carboxylic acids is 1. The summed E-state index contributed by atoms with van der Waals surface area (Å²) >= 11 is 0. The van der Waals surface area contributed by atoms with E-state index < -0.39 is 42.3 Å². The van der Waals surface area contributed by atoms with Gasteiger partial charge in [-0.15, -0.1) is 0 Å². The number of esters is 1. The van der Waals surface area contributed by atoms with Crippen molar-refractivity contribution in [1.82, 2.24) is 0 Å².